The summed E-state index contributed by atoms with van der Waals surface area (Å²) in [5.41, 5.74) is 1.89. The predicted octanol–water partition coefficient (Wildman–Crippen LogP) is 4.65. The third kappa shape index (κ3) is 3.13. The van der Waals surface area contributed by atoms with Crippen molar-refractivity contribution in [2.24, 2.45) is 0 Å². The molecule has 2 aromatic heterocycles. The molecule has 7 heteroatoms. The third-order valence-corrected chi connectivity index (χ3v) is 5.55. The molecule has 0 aliphatic rings. The van der Waals surface area contributed by atoms with E-state index in [1.165, 1.54) is 4.70 Å². The molecule has 2 heterocycles. The first-order valence-electron chi connectivity index (χ1n) is 7.27. The highest BCUT2D eigenvalue weighted by Gasteiger charge is 2.11. The van der Waals surface area contributed by atoms with Crippen LogP contribution in [0.4, 0.5) is 0 Å². The van der Waals surface area contributed by atoms with E-state index in [1.54, 1.807) is 30.2 Å². The molecule has 0 bridgehead atoms. The number of hydrogen-bond acceptors (Lipinski definition) is 7. The maximum absolute atomic E-state index is 5.34. The van der Waals surface area contributed by atoms with E-state index in [4.69, 9.17) is 9.26 Å². The molecule has 0 unspecified atom stereocenters. The molecular formula is C17H13N3O2S2. The molecule has 0 spiro atoms. The van der Waals surface area contributed by atoms with Gasteiger partial charge in [-0.05, 0) is 24.3 Å². The Morgan fingerprint density at radius 1 is 1.12 bits per heavy atom. The highest BCUT2D eigenvalue weighted by molar-refractivity contribution is 8.00. The zero-order valence-corrected chi connectivity index (χ0v) is 14.4. The van der Waals surface area contributed by atoms with E-state index < -0.39 is 0 Å². The fourth-order valence-corrected chi connectivity index (χ4v) is 4.14. The summed E-state index contributed by atoms with van der Waals surface area (Å²) in [5.74, 6) is 2.50. The summed E-state index contributed by atoms with van der Waals surface area (Å²) in [6, 6.07) is 15.7. The van der Waals surface area contributed by atoms with Crippen molar-refractivity contribution in [3.8, 4) is 17.1 Å². The van der Waals surface area contributed by atoms with Crippen molar-refractivity contribution in [3.63, 3.8) is 0 Å². The summed E-state index contributed by atoms with van der Waals surface area (Å²) < 4.78 is 12.7. The van der Waals surface area contributed by atoms with Crippen molar-refractivity contribution in [1.29, 1.82) is 0 Å². The number of para-hydroxylation sites is 1. The van der Waals surface area contributed by atoms with Gasteiger partial charge in [0.2, 0.25) is 11.7 Å². The minimum atomic E-state index is 0.564. The van der Waals surface area contributed by atoms with Crippen LogP contribution in [0.25, 0.3) is 21.6 Å². The van der Waals surface area contributed by atoms with Crippen molar-refractivity contribution in [2.75, 3.05) is 7.11 Å². The molecule has 0 radical (unpaired) electrons. The maximum Gasteiger partial charge on any atom is 0.237 e. The third-order valence-electron chi connectivity index (χ3n) is 3.39. The Balaban J connectivity index is 1.48. The lowest BCUT2D eigenvalue weighted by Gasteiger charge is -1.99. The summed E-state index contributed by atoms with van der Waals surface area (Å²) in [6.45, 7) is 0. The van der Waals surface area contributed by atoms with E-state index in [1.807, 2.05) is 42.5 Å². The molecular weight excluding hydrogens is 342 g/mol. The summed E-state index contributed by atoms with van der Waals surface area (Å²) in [6.07, 6.45) is 0. The van der Waals surface area contributed by atoms with Crippen LogP contribution >= 0.6 is 23.1 Å². The van der Waals surface area contributed by atoms with Crippen LogP contribution in [0.3, 0.4) is 0 Å². The highest BCUT2D eigenvalue weighted by atomic mass is 32.2. The van der Waals surface area contributed by atoms with Crippen LogP contribution in [0, 0.1) is 0 Å². The van der Waals surface area contributed by atoms with E-state index >= 15 is 0 Å². The van der Waals surface area contributed by atoms with Crippen molar-refractivity contribution in [3.05, 3.63) is 54.4 Å². The van der Waals surface area contributed by atoms with Gasteiger partial charge < -0.3 is 9.26 Å². The van der Waals surface area contributed by atoms with Crippen LogP contribution in [0.1, 0.15) is 5.89 Å². The molecule has 0 fully saturated rings. The SMILES string of the molecule is COc1cccc(-c2noc(CSc3nc4ccccc4s3)n2)c1. The number of thioether (sulfide) groups is 1. The number of benzene rings is 2. The van der Waals surface area contributed by atoms with Gasteiger partial charge in [-0.2, -0.15) is 4.98 Å². The van der Waals surface area contributed by atoms with Gasteiger partial charge in [0, 0.05) is 5.56 Å². The molecule has 4 rings (SSSR count). The zero-order chi connectivity index (χ0) is 16.4. The van der Waals surface area contributed by atoms with Crippen molar-refractivity contribution >= 4 is 33.3 Å². The Morgan fingerprint density at radius 3 is 2.92 bits per heavy atom. The standard InChI is InChI=1S/C17H13N3O2S2/c1-21-12-6-4-5-11(9-12)16-19-15(22-20-16)10-23-17-18-13-7-2-3-8-14(13)24-17/h2-9H,10H2,1H3. The normalized spacial score (nSPS) is 11.0. The van der Waals surface area contributed by atoms with Crippen LogP contribution in [0.5, 0.6) is 5.75 Å². The van der Waals surface area contributed by atoms with Crippen molar-refractivity contribution in [1.82, 2.24) is 15.1 Å². The molecule has 0 N–H and O–H groups in total. The second kappa shape index (κ2) is 6.62. The Labute approximate surface area is 146 Å². The molecule has 0 saturated carbocycles. The molecule has 0 saturated heterocycles. The summed E-state index contributed by atoms with van der Waals surface area (Å²) in [5, 5.41) is 4.04. The van der Waals surface area contributed by atoms with E-state index in [0.717, 1.165) is 21.2 Å². The summed E-state index contributed by atoms with van der Waals surface area (Å²) in [4.78, 5) is 9.04. The predicted molar refractivity (Wildman–Crippen MR) is 95.5 cm³/mol. The average Bonchev–Trinajstić information content (AvgIpc) is 3.26. The van der Waals surface area contributed by atoms with Gasteiger partial charge in [-0.3, -0.25) is 0 Å². The van der Waals surface area contributed by atoms with Crippen LogP contribution in [0.2, 0.25) is 0 Å². The van der Waals surface area contributed by atoms with Crippen LogP contribution in [0.15, 0.2) is 57.4 Å². The highest BCUT2D eigenvalue weighted by Crippen LogP contribution is 2.31. The average molecular weight is 355 g/mol. The van der Waals surface area contributed by atoms with Gasteiger partial charge in [-0.15, -0.1) is 11.3 Å². The number of aromatic nitrogens is 3. The number of fused-ring (bicyclic) bond motifs is 1. The van der Waals surface area contributed by atoms with Crippen molar-refractivity contribution in [2.45, 2.75) is 10.1 Å². The second-order valence-corrected chi connectivity index (χ2v) is 7.23. The molecule has 5 nitrogen and oxygen atoms in total. The topological polar surface area (TPSA) is 61.0 Å². The molecule has 0 aliphatic carbocycles. The number of methoxy groups -OCH3 is 1. The molecule has 2 aromatic carbocycles. The monoisotopic (exact) mass is 355 g/mol. The first-order valence-corrected chi connectivity index (χ1v) is 9.07. The zero-order valence-electron chi connectivity index (χ0n) is 12.8. The fourth-order valence-electron chi connectivity index (χ4n) is 2.23. The van der Waals surface area contributed by atoms with Crippen molar-refractivity contribution < 1.29 is 9.26 Å². The number of rotatable bonds is 5. The lowest BCUT2D eigenvalue weighted by molar-refractivity contribution is 0.391. The Hall–Kier alpha value is -2.38. The Kier molecular flexibility index (Phi) is 4.18. The van der Waals surface area contributed by atoms with Crippen LogP contribution < -0.4 is 4.74 Å². The van der Waals surface area contributed by atoms with Crippen LogP contribution in [-0.4, -0.2) is 22.2 Å². The Morgan fingerprint density at radius 2 is 2.04 bits per heavy atom. The molecule has 4 aromatic rings. The van der Waals surface area contributed by atoms with Gasteiger partial charge >= 0.3 is 0 Å². The van der Waals surface area contributed by atoms with E-state index in [-0.39, 0.29) is 0 Å². The molecule has 0 aliphatic heterocycles. The largest absolute Gasteiger partial charge is 0.497 e. The second-order valence-electron chi connectivity index (χ2n) is 4.98. The van der Waals surface area contributed by atoms with Crippen LogP contribution in [-0.2, 0) is 5.75 Å². The Bertz CT molecular complexity index is 948. The van der Waals surface area contributed by atoms with E-state index in [2.05, 4.69) is 21.2 Å². The minimum absolute atomic E-state index is 0.564. The van der Waals surface area contributed by atoms with Gasteiger partial charge in [-0.25, -0.2) is 4.98 Å². The molecule has 120 valence electrons. The molecule has 0 amide bonds. The summed E-state index contributed by atoms with van der Waals surface area (Å²) in [7, 11) is 1.63. The molecule has 0 atom stereocenters. The lowest BCUT2D eigenvalue weighted by atomic mass is 10.2. The quantitative estimate of drug-likeness (QED) is 0.486. The number of hydrogen-bond donors (Lipinski definition) is 0. The summed E-state index contributed by atoms with van der Waals surface area (Å²) >= 11 is 3.27. The first-order chi connectivity index (χ1) is 11.8. The minimum Gasteiger partial charge on any atom is -0.497 e. The van der Waals surface area contributed by atoms with Gasteiger partial charge in [0.15, 0.2) is 4.34 Å². The maximum atomic E-state index is 5.34. The van der Waals surface area contributed by atoms with Gasteiger partial charge in [0.25, 0.3) is 0 Å². The lowest BCUT2D eigenvalue weighted by Crippen LogP contribution is -1.85. The van der Waals surface area contributed by atoms with Gasteiger partial charge in [0.05, 0.1) is 23.1 Å². The van der Waals surface area contributed by atoms with Gasteiger partial charge in [-0.1, -0.05) is 41.2 Å². The number of ether oxygens (including phenoxy) is 1. The fraction of sp³-hybridized carbons (Fsp3) is 0.118. The smallest absolute Gasteiger partial charge is 0.237 e. The number of thiazole rings is 1. The van der Waals surface area contributed by atoms with E-state index in [0.29, 0.717) is 17.5 Å². The molecule has 24 heavy (non-hydrogen) atoms. The number of nitrogens with zero attached hydrogens (tertiary/aromatic N) is 3. The first kappa shape index (κ1) is 15.2. The van der Waals surface area contributed by atoms with Gasteiger partial charge in [0.1, 0.15) is 5.75 Å². The van der Waals surface area contributed by atoms with E-state index in [9.17, 15) is 0 Å².